The molecule has 0 saturated heterocycles. The summed E-state index contributed by atoms with van der Waals surface area (Å²) in [5.74, 6) is 0.835. The Hall–Kier alpha value is -1.87. The number of nitrogens with zero attached hydrogens (tertiary/aromatic N) is 1. The van der Waals surface area contributed by atoms with Crippen LogP contribution >= 0.6 is 0 Å². The normalized spacial score (nSPS) is 10.6. The Bertz CT molecular complexity index is 594. The summed E-state index contributed by atoms with van der Waals surface area (Å²) in [6, 6.07) is 10.4. The molecule has 0 saturated carbocycles. The second-order valence-electron chi connectivity index (χ2n) is 5.15. The predicted octanol–water partition coefficient (Wildman–Crippen LogP) is 3.09. The van der Waals surface area contributed by atoms with E-state index in [2.05, 4.69) is 37.0 Å². The summed E-state index contributed by atoms with van der Waals surface area (Å²) in [5.41, 5.74) is 11.3. The zero-order valence-electron chi connectivity index (χ0n) is 12.4. The van der Waals surface area contributed by atoms with E-state index in [-0.39, 0.29) is 0 Å². The van der Waals surface area contributed by atoms with Crippen molar-refractivity contribution in [2.75, 3.05) is 6.54 Å². The van der Waals surface area contributed by atoms with Crippen LogP contribution in [0.15, 0.2) is 30.3 Å². The first-order valence-corrected chi connectivity index (χ1v) is 6.95. The van der Waals surface area contributed by atoms with E-state index >= 15 is 0 Å². The molecule has 2 rings (SSSR count). The van der Waals surface area contributed by atoms with E-state index in [1.807, 2.05) is 19.1 Å². The minimum Gasteiger partial charge on any atom is -0.487 e. The van der Waals surface area contributed by atoms with E-state index in [9.17, 15) is 0 Å². The standard InChI is InChI=1S/C17H22N2O/c1-12-4-5-13(2)15(10-12)11-20-17-7-6-14(3)19-16(17)8-9-18/h4-7,10H,8-9,11,18H2,1-3H3. The molecule has 1 aromatic carbocycles. The van der Waals surface area contributed by atoms with Gasteiger partial charge < -0.3 is 10.5 Å². The number of hydrogen-bond acceptors (Lipinski definition) is 3. The number of rotatable bonds is 5. The SMILES string of the molecule is Cc1ccc(C)c(COc2ccc(C)nc2CCN)c1. The highest BCUT2D eigenvalue weighted by Gasteiger charge is 2.07. The topological polar surface area (TPSA) is 48.1 Å². The zero-order chi connectivity index (χ0) is 14.5. The van der Waals surface area contributed by atoms with Crippen molar-refractivity contribution < 1.29 is 4.74 Å². The second kappa shape index (κ2) is 6.53. The number of aromatic nitrogens is 1. The van der Waals surface area contributed by atoms with Crippen LogP contribution in [0.3, 0.4) is 0 Å². The molecule has 2 N–H and O–H groups in total. The van der Waals surface area contributed by atoms with Gasteiger partial charge in [-0.15, -0.1) is 0 Å². The third-order valence-corrected chi connectivity index (χ3v) is 3.34. The Labute approximate surface area is 120 Å². The minimum absolute atomic E-state index is 0.565. The van der Waals surface area contributed by atoms with E-state index in [1.54, 1.807) is 0 Å². The molecule has 0 radical (unpaired) electrons. The highest BCUT2D eigenvalue weighted by atomic mass is 16.5. The maximum atomic E-state index is 5.95. The quantitative estimate of drug-likeness (QED) is 0.908. The minimum atomic E-state index is 0.565. The molecule has 2 aromatic rings. The van der Waals surface area contributed by atoms with Crippen molar-refractivity contribution in [3.05, 3.63) is 58.4 Å². The van der Waals surface area contributed by atoms with Crippen LogP contribution in [0.1, 0.15) is 28.1 Å². The van der Waals surface area contributed by atoms with E-state index in [0.29, 0.717) is 13.2 Å². The van der Waals surface area contributed by atoms with E-state index in [0.717, 1.165) is 23.6 Å². The summed E-state index contributed by atoms with van der Waals surface area (Å²) >= 11 is 0. The van der Waals surface area contributed by atoms with Crippen LogP contribution in [0.5, 0.6) is 5.75 Å². The van der Waals surface area contributed by atoms with Crippen LogP contribution in [0.4, 0.5) is 0 Å². The van der Waals surface area contributed by atoms with Crippen molar-refractivity contribution in [2.24, 2.45) is 5.73 Å². The average molecular weight is 270 g/mol. The van der Waals surface area contributed by atoms with Gasteiger partial charge in [0.1, 0.15) is 12.4 Å². The van der Waals surface area contributed by atoms with Gasteiger partial charge in [-0.2, -0.15) is 0 Å². The molecule has 0 aliphatic heterocycles. The number of nitrogens with two attached hydrogens (primary N) is 1. The van der Waals surface area contributed by atoms with Crippen molar-refractivity contribution >= 4 is 0 Å². The monoisotopic (exact) mass is 270 g/mol. The number of pyridine rings is 1. The van der Waals surface area contributed by atoms with Crippen molar-refractivity contribution in [1.29, 1.82) is 0 Å². The molecule has 1 aromatic heterocycles. The molecule has 20 heavy (non-hydrogen) atoms. The second-order valence-corrected chi connectivity index (χ2v) is 5.15. The maximum absolute atomic E-state index is 5.95. The lowest BCUT2D eigenvalue weighted by molar-refractivity contribution is 0.300. The van der Waals surface area contributed by atoms with E-state index in [4.69, 9.17) is 10.5 Å². The molecule has 0 aliphatic rings. The molecule has 0 aliphatic carbocycles. The summed E-state index contributed by atoms with van der Waals surface area (Å²) in [4.78, 5) is 4.51. The molecule has 3 heteroatoms. The molecule has 0 amide bonds. The molecular weight excluding hydrogens is 248 g/mol. The summed E-state index contributed by atoms with van der Waals surface area (Å²) in [5, 5.41) is 0. The summed E-state index contributed by atoms with van der Waals surface area (Å²) in [7, 11) is 0. The van der Waals surface area contributed by atoms with Gasteiger partial charge in [-0.1, -0.05) is 23.8 Å². The predicted molar refractivity (Wildman–Crippen MR) is 82.0 cm³/mol. The van der Waals surface area contributed by atoms with Gasteiger partial charge >= 0.3 is 0 Å². The fourth-order valence-electron chi connectivity index (χ4n) is 2.16. The highest BCUT2D eigenvalue weighted by Crippen LogP contribution is 2.20. The Morgan fingerprint density at radius 1 is 1.10 bits per heavy atom. The Balaban J connectivity index is 2.16. The van der Waals surface area contributed by atoms with Crippen molar-refractivity contribution in [1.82, 2.24) is 4.98 Å². The number of aryl methyl sites for hydroxylation is 3. The van der Waals surface area contributed by atoms with Gasteiger partial charge in [-0.3, -0.25) is 4.98 Å². The summed E-state index contributed by atoms with van der Waals surface area (Å²) in [6.07, 6.45) is 0.740. The van der Waals surface area contributed by atoms with Gasteiger partial charge in [-0.25, -0.2) is 0 Å². The van der Waals surface area contributed by atoms with Gasteiger partial charge in [0, 0.05) is 12.1 Å². The molecule has 106 valence electrons. The van der Waals surface area contributed by atoms with Gasteiger partial charge in [-0.05, 0) is 50.6 Å². The summed E-state index contributed by atoms with van der Waals surface area (Å²) in [6.45, 7) is 7.32. The third kappa shape index (κ3) is 3.58. The first-order valence-electron chi connectivity index (χ1n) is 6.95. The number of ether oxygens (including phenoxy) is 1. The van der Waals surface area contributed by atoms with Gasteiger partial charge in [0.25, 0.3) is 0 Å². The molecule has 0 fully saturated rings. The molecule has 0 bridgehead atoms. The molecule has 0 atom stereocenters. The fourth-order valence-corrected chi connectivity index (χ4v) is 2.16. The third-order valence-electron chi connectivity index (χ3n) is 3.34. The number of hydrogen-bond donors (Lipinski definition) is 1. The molecule has 1 heterocycles. The van der Waals surface area contributed by atoms with Crippen LogP contribution in [0.25, 0.3) is 0 Å². The Morgan fingerprint density at radius 2 is 1.90 bits per heavy atom. The largest absolute Gasteiger partial charge is 0.487 e. The Kier molecular flexibility index (Phi) is 4.74. The fraction of sp³-hybridized carbons (Fsp3) is 0.353. The maximum Gasteiger partial charge on any atom is 0.141 e. The highest BCUT2D eigenvalue weighted by molar-refractivity contribution is 5.33. The van der Waals surface area contributed by atoms with Crippen LogP contribution < -0.4 is 10.5 Å². The van der Waals surface area contributed by atoms with Crippen LogP contribution in [0.2, 0.25) is 0 Å². The van der Waals surface area contributed by atoms with Gasteiger partial charge in [0.05, 0.1) is 5.69 Å². The number of benzene rings is 1. The smallest absolute Gasteiger partial charge is 0.141 e. The molecule has 0 spiro atoms. The van der Waals surface area contributed by atoms with Crippen LogP contribution in [-0.4, -0.2) is 11.5 Å². The van der Waals surface area contributed by atoms with Crippen molar-refractivity contribution in [3.8, 4) is 5.75 Å². The van der Waals surface area contributed by atoms with Crippen LogP contribution in [0, 0.1) is 20.8 Å². The summed E-state index contributed by atoms with van der Waals surface area (Å²) < 4.78 is 5.95. The van der Waals surface area contributed by atoms with Crippen molar-refractivity contribution in [3.63, 3.8) is 0 Å². The van der Waals surface area contributed by atoms with Crippen molar-refractivity contribution in [2.45, 2.75) is 33.8 Å². The lowest BCUT2D eigenvalue weighted by Crippen LogP contribution is -2.08. The zero-order valence-corrected chi connectivity index (χ0v) is 12.4. The first-order chi connectivity index (χ1) is 9.60. The van der Waals surface area contributed by atoms with Crippen LogP contribution in [-0.2, 0) is 13.0 Å². The van der Waals surface area contributed by atoms with Gasteiger partial charge in [0.2, 0.25) is 0 Å². The van der Waals surface area contributed by atoms with Gasteiger partial charge in [0.15, 0.2) is 0 Å². The molecule has 3 nitrogen and oxygen atoms in total. The lowest BCUT2D eigenvalue weighted by atomic mass is 10.1. The van der Waals surface area contributed by atoms with E-state index in [1.165, 1.54) is 16.7 Å². The first kappa shape index (κ1) is 14.5. The average Bonchev–Trinajstić information content (AvgIpc) is 2.42. The Morgan fingerprint density at radius 3 is 2.65 bits per heavy atom. The molecular formula is C17H22N2O. The van der Waals surface area contributed by atoms with E-state index < -0.39 is 0 Å². The molecule has 0 unspecified atom stereocenters. The lowest BCUT2D eigenvalue weighted by Gasteiger charge is -2.13.